The highest BCUT2D eigenvalue weighted by Crippen LogP contribution is 2.32. The maximum Gasteiger partial charge on any atom is 0.0824 e. The van der Waals surface area contributed by atoms with Crippen LogP contribution in [0.2, 0.25) is 0 Å². The zero-order chi connectivity index (χ0) is 16.7. The summed E-state index contributed by atoms with van der Waals surface area (Å²) >= 11 is 0. The average Bonchev–Trinajstić information content (AvgIpc) is 3.37. The molecule has 1 atom stereocenters. The van der Waals surface area contributed by atoms with Gasteiger partial charge < -0.3 is 15.2 Å². The van der Waals surface area contributed by atoms with Crippen LogP contribution in [0.3, 0.4) is 0 Å². The molecule has 2 saturated heterocycles. The molecule has 2 fully saturated rings. The minimum Gasteiger partial charge on any atom is -0.361 e. The van der Waals surface area contributed by atoms with Gasteiger partial charge in [0.15, 0.2) is 0 Å². The molecule has 1 aromatic carbocycles. The van der Waals surface area contributed by atoms with E-state index in [1.165, 1.54) is 28.6 Å². The van der Waals surface area contributed by atoms with Crippen molar-refractivity contribution >= 4 is 16.6 Å². The molecule has 0 radical (unpaired) electrons. The van der Waals surface area contributed by atoms with Gasteiger partial charge in [0.2, 0.25) is 0 Å². The molecule has 0 saturated carbocycles. The molecule has 0 spiro atoms. The molecule has 2 aromatic rings. The Labute approximate surface area is 139 Å². The molecule has 0 bridgehead atoms. The molecule has 4 N–H and O–H groups in total. The van der Waals surface area contributed by atoms with Crippen LogP contribution in [0.15, 0.2) is 24.4 Å². The van der Waals surface area contributed by atoms with Crippen LogP contribution in [0.4, 0.5) is 5.69 Å². The van der Waals surface area contributed by atoms with E-state index in [0.717, 1.165) is 26.4 Å². The van der Waals surface area contributed by atoms with Gasteiger partial charge in [0, 0.05) is 29.3 Å². The van der Waals surface area contributed by atoms with Gasteiger partial charge in [0.25, 0.3) is 0 Å². The number of aromatic amines is 1. The third-order valence-corrected chi connectivity index (χ3v) is 4.23. The van der Waals surface area contributed by atoms with Crippen LogP contribution in [0.1, 0.15) is 45.6 Å². The number of H-pyrrole nitrogens is 1. The first-order valence-electron chi connectivity index (χ1n) is 8.94. The van der Waals surface area contributed by atoms with Gasteiger partial charge in [-0.2, -0.15) is 0 Å². The topological polar surface area (TPSA) is 55.1 Å². The first kappa shape index (κ1) is 17.8. The highest BCUT2D eigenvalue weighted by molar-refractivity contribution is 5.87. The molecule has 0 aliphatic carbocycles. The number of aromatic nitrogens is 1. The number of anilines is 1. The van der Waals surface area contributed by atoms with Crippen molar-refractivity contribution in [3.63, 3.8) is 0 Å². The standard InChI is InChI=1S/C14H19N5.2C2H6/c1-2-14-12(5-11(1)19-8-17-18-9-19)13(7-16-14)10-3-4-15-6-10;2*1-2/h1-2,5,7,10,15-18H,3-4,6,8-9H2;2*1-2H3. The highest BCUT2D eigenvalue weighted by atomic mass is 15.5. The van der Waals surface area contributed by atoms with Crippen molar-refractivity contribution in [2.24, 2.45) is 0 Å². The molecule has 2 aliphatic heterocycles. The van der Waals surface area contributed by atoms with Crippen molar-refractivity contribution < 1.29 is 0 Å². The number of hydrogen-bond donors (Lipinski definition) is 4. The summed E-state index contributed by atoms with van der Waals surface area (Å²) in [5.74, 6) is 0.652. The molecule has 1 unspecified atom stereocenters. The summed E-state index contributed by atoms with van der Waals surface area (Å²) in [5.41, 5.74) is 10.3. The largest absolute Gasteiger partial charge is 0.361 e. The Hall–Kier alpha value is -1.56. The zero-order valence-electron chi connectivity index (χ0n) is 14.9. The second kappa shape index (κ2) is 8.91. The van der Waals surface area contributed by atoms with Crippen LogP contribution in [0.5, 0.6) is 0 Å². The Balaban J connectivity index is 0.000000448. The summed E-state index contributed by atoms with van der Waals surface area (Å²) < 4.78 is 0. The summed E-state index contributed by atoms with van der Waals surface area (Å²) in [6, 6.07) is 6.69. The van der Waals surface area contributed by atoms with Crippen molar-refractivity contribution in [3.05, 3.63) is 30.0 Å². The van der Waals surface area contributed by atoms with Gasteiger partial charge in [0.05, 0.1) is 13.3 Å². The lowest BCUT2D eigenvalue weighted by atomic mass is 9.97. The number of hydrogen-bond acceptors (Lipinski definition) is 4. The molecule has 5 nitrogen and oxygen atoms in total. The van der Waals surface area contributed by atoms with Crippen LogP contribution in [0.25, 0.3) is 10.9 Å². The third-order valence-electron chi connectivity index (χ3n) is 4.23. The molecule has 1 aromatic heterocycles. The minimum absolute atomic E-state index is 0.652. The van der Waals surface area contributed by atoms with E-state index in [9.17, 15) is 0 Å². The molecule has 128 valence electrons. The fraction of sp³-hybridized carbons (Fsp3) is 0.556. The lowest BCUT2D eigenvalue weighted by Gasteiger charge is -2.16. The number of fused-ring (bicyclic) bond motifs is 1. The van der Waals surface area contributed by atoms with Gasteiger partial charge in [-0.25, -0.2) is 10.9 Å². The number of benzene rings is 1. The lowest BCUT2D eigenvalue weighted by Crippen LogP contribution is -2.21. The molecular formula is C18H31N5. The highest BCUT2D eigenvalue weighted by Gasteiger charge is 2.20. The Morgan fingerprint density at radius 3 is 2.43 bits per heavy atom. The Morgan fingerprint density at radius 2 is 1.78 bits per heavy atom. The molecule has 5 heteroatoms. The minimum atomic E-state index is 0.652. The Morgan fingerprint density at radius 1 is 1.04 bits per heavy atom. The first-order chi connectivity index (χ1) is 11.4. The van der Waals surface area contributed by atoms with Crippen molar-refractivity contribution in [3.8, 4) is 0 Å². The fourth-order valence-corrected chi connectivity index (χ4v) is 3.13. The summed E-state index contributed by atoms with van der Waals surface area (Å²) in [5, 5.41) is 4.82. The molecule has 23 heavy (non-hydrogen) atoms. The van der Waals surface area contributed by atoms with E-state index in [0.29, 0.717) is 5.92 Å². The second-order valence-corrected chi connectivity index (χ2v) is 5.37. The Bertz CT molecular complexity index is 580. The first-order valence-corrected chi connectivity index (χ1v) is 8.94. The molecular weight excluding hydrogens is 286 g/mol. The Kier molecular flexibility index (Phi) is 6.89. The quantitative estimate of drug-likeness (QED) is 0.687. The normalized spacial score (nSPS) is 20.0. The van der Waals surface area contributed by atoms with Crippen molar-refractivity contribution in [2.45, 2.75) is 40.0 Å². The van der Waals surface area contributed by atoms with E-state index in [1.807, 2.05) is 27.7 Å². The summed E-state index contributed by atoms with van der Waals surface area (Å²) in [4.78, 5) is 5.70. The van der Waals surface area contributed by atoms with Gasteiger partial charge >= 0.3 is 0 Å². The van der Waals surface area contributed by atoms with Crippen molar-refractivity contribution in [1.29, 1.82) is 0 Å². The monoisotopic (exact) mass is 317 g/mol. The fourth-order valence-electron chi connectivity index (χ4n) is 3.13. The van der Waals surface area contributed by atoms with Gasteiger partial charge in [-0.3, -0.25) is 0 Å². The van der Waals surface area contributed by atoms with Crippen LogP contribution in [-0.2, 0) is 0 Å². The van der Waals surface area contributed by atoms with Gasteiger partial charge in [-0.1, -0.05) is 27.7 Å². The van der Waals surface area contributed by atoms with E-state index < -0.39 is 0 Å². The molecule has 3 heterocycles. The van der Waals surface area contributed by atoms with Crippen molar-refractivity contribution in [2.75, 3.05) is 31.3 Å². The van der Waals surface area contributed by atoms with Gasteiger partial charge in [-0.05, 0) is 42.6 Å². The second-order valence-electron chi connectivity index (χ2n) is 5.37. The van der Waals surface area contributed by atoms with E-state index in [1.54, 1.807) is 0 Å². The number of nitrogens with one attached hydrogen (secondary N) is 4. The third kappa shape index (κ3) is 3.86. The van der Waals surface area contributed by atoms with E-state index in [2.05, 4.69) is 50.4 Å². The maximum atomic E-state index is 3.45. The zero-order valence-corrected chi connectivity index (χ0v) is 14.9. The number of hydrazine groups is 1. The number of rotatable bonds is 2. The summed E-state index contributed by atoms with van der Waals surface area (Å²) in [6.07, 6.45) is 3.43. The van der Waals surface area contributed by atoms with Crippen LogP contribution in [-0.4, -0.2) is 31.4 Å². The molecule has 0 amide bonds. The summed E-state index contributed by atoms with van der Waals surface area (Å²) in [6.45, 7) is 12.0. The SMILES string of the molecule is CC.CC.c1cc2[nH]cc(C3CCNC3)c2cc1N1CNNC1. The van der Waals surface area contributed by atoms with Gasteiger partial charge in [-0.15, -0.1) is 0 Å². The van der Waals surface area contributed by atoms with Gasteiger partial charge in [0.1, 0.15) is 0 Å². The average molecular weight is 317 g/mol. The molecule has 4 rings (SSSR count). The maximum absolute atomic E-state index is 3.45. The van der Waals surface area contributed by atoms with E-state index in [4.69, 9.17) is 0 Å². The summed E-state index contributed by atoms with van der Waals surface area (Å²) in [7, 11) is 0. The number of nitrogens with zero attached hydrogens (tertiary/aromatic N) is 1. The van der Waals surface area contributed by atoms with Crippen LogP contribution < -0.4 is 21.1 Å². The van der Waals surface area contributed by atoms with Crippen molar-refractivity contribution in [1.82, 2.24) is 21.2 Å². The van der Waals surface area contributed by atoms with Crippen LogP contribution >= 0.6 is 0 Å². The molecule has 2 aliphatic rings. The van der Waals surface area contributed by atoms with E-state index in [-0.39, 0.29) is 0 Å². The van der Waals surface area contributed by atoms with E-state index >= 15 is 0 Å². The predicted molar refractivity (Wildman–Crippen MR) is 99.7 cm³/mol. The lowest BCUT2D eigenvalue weighted by molar-refractivity contribution is 0.689. The predicted octanol–water partition coefficient (Wildman–Crippen LogP) is 3.13. The smallest absolute Gasteiger partial charge is 0.0824 e. The van der Waals surface area contributed by atoms with Crippen LogP contribution in [0, 0.1) is 0 Å².